The molecule has 0 bridgehead atoms. The normalized spacial score (nSPS) is 17.4. The molecular formula is C11H15N3O2S. The zero-order valence-corrected chi connectivity index (χ0v) is 10.5. The average molecular weight is 253 g/mol. The molecule has 0 atom stereocenters. The molecule has 1 saturated carbocycles. The molecule has 0 saturated heterocycles. The van der Waals surface area contributed by atoms with Crippen LogP contribution in [0.3, 0.4) is 0 Å². The van der Waals surface area contributed by atoms with E-state index in [4.69, 9.17) is 5.21 Å². The van der Waals surface area contributed by atoms with E-state index in [-0.39, 0.29) is 11.8 Å². The predicted molar refractivity (Wildman–Crippen MR) is 66.7 cm³/mol. The number of aromatic nitrogens is 1. The molecule has 17 heavy (non-hydrogen) atoms. The summed E-state index contributed by atoms with van der Waals surface area (Å²) in [6.07, 6.45) is 4.22. The number of hydrogen-bond donors (Lipinski definition) is 2. The molecule has 5 nitrogen and oxygen atoms in total. The first-order chi connectivity index (χ1) is 8.20. The van der Waals surface area contributed by atoms with Crippen LogP contribution in [0.25, 0.3) is 0 Å². The maximum atomic E-state index is 11.8. The molecule has 0 spiro atoms. The third-order valence-electron chi connectivity index (χ3n) is 2.98. The zero-order valence-electron chi connectivity index (χ0n) is 9.64. The van der Waals surface area contributed by atoms with E-state index in [2.05, 4.69) is 15.5 Å². The minimum absolute atomic E-state index is 0.0574. The van der Waals surface area contributed by atoms with Gasteiger partial charge in [0.2, 0.25) is 5.91 Å². The van der Waals surface area contributed by atoms with Gasteiger partial charge < -0.3 is 10.5 Å². The van der Waals surface area contributed by atoms with Crippen molar-refractivity contribution >= 4 is 28.1 Å². The van der Waals surface area contributed by atoms with Crippen molar-refractivity contribution in [1.29, 1.82) is 0 Å². The van der Waals surface area contributed by atoms with Gasteiger partial charge >= 0.3 is 0 Å². The Morgan fingerprint density at radius 3 is 2.94 bits per heavy atom. The second-order valence-electron chi connectivity index (χ2n) is 4.19. The lowest BCUT2D eigenvalue weighted by atomic mass is 10.1. The van der Waals surface area contributed by atoms with Crippen LogP contribution in [0.5, 0.6) is 0 Å². The quantitative estimate of drug-likeness (QED) is 0.493. The second-order valence-corrected chi connectivity index (χ2v) is 5.05. The fourth-order valence-corrected chi connectivity index (χ4v) is 2.70. The first-order valence-corrected chi connectivity index (χ1v) is 6.54. The SMILES string of the molecule is C/C(=N\O)c1csc(NC(=O)C2CCCC2)n1. The number of hydrogen-bond acceptors (Lipinski definition) is 5. The summed E-state index contributed by atoms with van der Waals surface area (Å²) in [7, 11) is 0. The van der Waals surface area contributed by atoms with Gasteiger partial charge in [0.1, 0.15) is 11.4 Å². The number of oxime groups is 1. The summed E-state index contributed by atoms with van der Waals surface area (Å²) >= 11 is 1.35. The Hall–Kier alpha value is -1.43. The second kappa shape index (κ2) is 5.27. The van der Waals surface area contributed by atoms with Crippen LogP contribution in [0.15, 0.2) is 10.5 Å². The Balaban J connectivity index is 1.99. The number of anilines is 1. The van der Waals surface area contributed by atoms with Crippen molar-refractivity contribution in [3.8, 4) is 0 Å². The fraction of sp³-hybridized carbons (Fsp3) is 0.545. The highest BCUT2D eigenvalue weighted by atomic mass is 32.1. The van der Waals surface area contributed by atoms with Gasteiger partial charge in [0.15, 0.2) is 5.13 Å². The highest BCUT2D eigenvalue weighted by Crippen LogP contribution is 2.26. The third-order valence-corrected chi connectivity index (χ3v) is 3.74. The topological polar surface area (TPSA) is 74.6 Å². The van der Waals surface area contributed by atoms with Crippen molar-refractivity contribution in [2.45, 2.75) is 32.6 Å². The molecule has 1 heterocycles. The van der Waals surface area contributed by atoms with Crippen molar-refractivity contribution in [3.05, 3.63) is 11.1 Å². The first-order valence-electron chi connectivity index (χ1n) is 5.66. The molecule has 1 aliphatic carbocycles. The van der Waals surface area contributed by atoms with Gasteiger partial charge in [-0.3, -0.25) is 4.79 Å². The zero-order chi connectivity index (χ0) is 12.3. The first kappa shape index (κ1) is 12.0. The number of rotatable bonds is 3. The number of amides is 1. The van der Waals surface area contributed by atoms with Crippen LogP contribution in [0.4, 0.5) is 5.13 Å². The Morgan fingerprint density at radius 2 is 2.29 bits per heavy atom. The Bertz CT molecular complexity index is 436. The Kier molecular flexibility index (Phi) is 3.73. The molecule has 1 aliphatic rings. The average Bonchev–Trinajstić information content (AvgIpc) is 2.98. The Labute approximate surface area is 104 Å². The van der Waals surface area contributed by atoms with E-state index in [0.29, 0.717) is 16.5 Å². The summed E-state index contributed by atoms with van der Waals surface area (Å²) in [6.45, 7) is 1.66. The van der Waals surface area contributed by atoms with E-state index in [0.717, 1.165) is 25.7 Å². The van der Waals surface area contributed by atoms with Gasteiger partial charge in [-0.15, -0.1) is 11.3 Å². The van der Waals surface area contributed by atoms with Crippen molar-refractivity contribution in [3.63, 3.8) is 0 Å². The van der Waals surface area contributed by atoms with Crippen LogP contribution < -0.4 is 5.32 Å². The number of nitrogens with zero attached hydrogens (tertiary/aromatic N) is 2. The summed E-state index contributed by atoms with van der Waals surface area (Å²) in [5.41, 5.74) is 1.04. The highest BCUT2D eigenvalue weighted by molar-refractivity contribution is 7.14. The molecular weight excluding hydrogens is 238 g/mol. The van der Waals surface area contributed by atoms with Crippen LogP contribution >= 0.6 is 11.3 Å². The van der Waals surface area contributed by atoms with Crippen LogP contribution in [0.1, 0.15) is 38.3 Å². The van der Waals surface area contributed by atoms with Gasteiger partial charge in [0, 0.05) is 11.3 Å². The van der Waals surface area contributed by atoms with Crippen LogP contribution in [0, 0.1) is 5.92 Å². The standard InChI is InChI=1S/C11H15N3O2S/c1-7(14-16)9-6-17-11(12-9)13-10(15)8-4-2-3-5-8/h6,8,16H,2-5H2,1H3,(H,12,13,15)/b14-7+. The molecule has 0 unspecified atom stereocenters. The molecule has 2 N–H and O–H groups in total. The fourth-order valence-electron chi connectivity index (χ4n) is 1.94. The van der Waals surface area contributed by atoms with Crippen LogP contribution in [0.2, 0.25) is 0 Å². The van der Waals surface area contributed by atoms with E-state index in [9.17, 15) is 4.79 Å². The van der Waals surface area contributed by atoms with Crippen molar-refractivity contribution in [2.75, 3.05) is 5.32 Å². The molecule has 0 aliphatic heterocycles. The monoisotopic (exact) mass is 253 g/mol. The summed E-state index contributed by atoms with van der Waals surface area (Å²) in [6, 6.07) is 0. The molecule has 1 aromatic rings. The third kappa shape index (κ3) is 2.82. The van der Waals surface area contributed by atoms with Gasteiger partial charge in [-0.1, -0.05) is 18.0 Å². The van der Waals surface area contributed by atoms with Crippen molar-refractivity contribution in [1.82, 2.24) is 4.98 Å². The van der Waals surface area contributed by atoms with E-state index < -0.39 is 0 Å². The minimum atomic E-state index is 0.0574. The van der Waals surface area contributed by atoms with Gasteiger partial charge in [0.25, 0.3) is 0 Å². The molecule has 2 rings (SSSR count). The number of carbonyl (C=O) groups is 1. The molecule has 1 fully saturated rings. The van der Waals surface area contributed by atoms with E-state index in [1.807, 2.05) is 0 Å². The van der Waals surface area contributed by atoms with Crippen LogP contribution in [-0.2, 0) is 4.79 Å². The van der Waals surface area contributed by atoms with Crippen molar-refractivity contribution < 1.29 is 10.0 Å². The lowest BCUT2D eigenvalue weighted by Gasteiger charge is -2.07. The van der Waals surface area contributed by atoms with E-state index in [1.165, 1.54) is 11.3 Å². The maximum Gasteiger partial charge on any atom is 0.229 e. The summed E-state index contributed by atoms with van der Waals surface area (Å²) in [5.74, 6) is 0.192. The van der Waals surface area contributed by atoms with Gasteiger partial charge in [-0.05, 0) is 19.8 Å². The summed E-state index contributed by atoms with van der Waals surface area (Å²) < 4.78 is 0. The Morgan fingerprint density at radius 1 is 1.59 bits per heavy atom. The van der Waals surface area contributed by atoms with Gasteiger partial charge in [-0.2, -0.15) is 0 Å². The molecule has 6 heteroatoms. The molecule has 0 aromatic carbocycles. The smallest absolute Gasteiger partial charge is 0.229 e. The number of thiazole rings is 1. The summed E-state index contributed by atoms with van der Waals surface area (Å²) in [4.78, 5) is 16.0. The largest absolute Gasteiger partial charge is 0.411 e. The molecule has 1 amide bonds. The lowest BCUT2D eigenvalue weighted by molar-refractivity contribution is -0.119. The van der Waals surface area contributed by atoms with Crippen molar-refractivity contribution in [2.24, 2.45) is 11.1 Å². The summed E-state index contributed by atoms with van der Waals surface area (Å²) in [5, 5.41) is 16.8. The molecule has 92 valence electrons. The van der Waals surface area contributed by atoms with Gasteiger partial charge in [-0.25, -0.2) is 4.98 Å². The number of nitrogens with one attached hydrogen (secondary N) is 1. The number of carbonyl (C=O) groups excluding carboxylic acids is 1. The van der Waals surface area contributed by atoms with E-state index in [1.54, 1.807) is 12.3 Å². The molecule has 1 aromatic heterocycles. The maximum absolute atomic E-state index is 11.8. The van der Waals surface area contributed by atoms with Gasteiger partial charge in [0.05, 0.1) is 0 Å². The minimum Gasteiger partial charge on any atom is -0.411 e. The highest BCUT2D eigenvalue weighted by Gasteiger charge is 2.23. The lowest BCUT2D eigenvalue weighted by Crippen LogP contribution is -2.20. The molecule has 0 radical (unpaired) electrons. The predicted octanol–water partition coefficient (Wildman–Crippen LogP) is 2.47. The van der Waals surface area contributed by atoms with Crippen LogP contribution in [-0.4, -0.2) is 21.8 Å². The van der Waals surface area contributed by atoms with E-state index >= 15 is 0 Å².